The van der Waals surface area contributed by atoms with Gasteiger partial charge in [0.05, 0.1) is 12.0 Å². The Morgan fingerprint density at radius 3 is 2.11 bits per heavy atom. The molecule has 1 aliphatic heterocycles. The van der Waals surface area contributed by atoms with Crippen molar-refractivity contribution >= 4 is 17.8 Å². The van der Waals surface area contributed by atoms with Crippen molar-refractivity contribution in [1.29, 1.82) is 0 Å². The largest absolute Gasteiger partial charge is 0.478 e. The van der Waals surface area contributed by atoms with Gasteiger partial charge in [0.25, 0.3) is 5.91 Å². The van der Waals surface area contributed by atoms with Crippen LogP contribution in [0.25, 0.3) is 0 Å². The van der Waals surface area contributed by atoms with Gasteiger partial charge in [-0.15, -0.1) is 0 Å². The van der Waals surface area contributed by atoms with E-state index in [1.165, 1.54) is 12.1 Å². The predicted octanol–water partition coefficient (Wildman–Crippen LogP) is 2.66. The highest BCUT2D eigenvalue weighted by Gasteiger charge is 2.24. The molecule has 0 bridgehead atoms. The number of hydrogen-bond acceptors (Lipinski definition) is 3. The maximum absolute atomic E-state index is 12.6. The lowest BCUT2D eigenvalue weighted by molar-refractivity contribution is -0.121. The lowest BCUT2D eigenvalue weighted by Crippen LogP contribution is -2.46. The highest BCUT2D eigenvalue weighted by Crippen LogP contribution is 2.15. The van der Waals surface area contributed by atoms with Gasteiger partial charge in [0.1, 0.15) is 0 Å². The van der Waals surface area contributed by atoms with Gasteiger partial charge in [-0.2, -0.15) is 0 Å². The van der Waals surface area contributed by atoms with Gasteiger partial charge in [0.2, 0.25) is 5.91 Å². The SMILES string of the molecule is Cc1ccc(C(=O)N2CCC(NC(=O)Cc3ccc(C(=O)O)cc3)CC2)cc1. The van der Waals surface area contributed by atoms with Crippen LogP contribution < -0.4 is 5.32 Å². The second kappa shape index (κ2) is 8.69. The zero-order chi connectivity index (χ0) is 20.1. The molecular weight excluding hydrogens is 356 g/mol. The molecule has 0 aromatic heterocycles. The summed E-state index contributed by atoms with van der Waals surface area (Å²) in [5, 5.41) is 11.9. The molecule has 6 nitrogen and oxygen atoms in total. The number of carbonyl (C=O) groups excluding carboxylic acids is 2. The molecular formula is C22H24N2O4. The second-order valence-corrected chi connectivity index (χ2v) is 7.18. The number of carboxylic acid groups (broad SMARTS) is 1. The first-order chi connectivity index (χ1) is 13.4. The molecule has 0 spiro atoms. The average Bonchev–Trinajstić information content (AvgIpc) is 2.69. The Kier molecular flexibility index (Phi) is 6.09. The molecule has 0 aliphatic carbocycles. The van der Waals surface area contributed by atoms with Crippen molar-refractivity contribution in [3.63, 3.8) is 0 Å². The minimum atomic E-state index is -0.983. The first-order valence-electron chi connectivity index (χ1n) is 9.40. The lowest BCUT2D eigenvalue weighted by atomic mass is 10.0. The molecule has 1 saturated heterocycles. The number of benzene rings is 2. The van der Waals surface area contributed by atoms with Gasteiger partial charge in [-0.3, -0.25) is 9.59 Å². The molecule has 0 atom stereocenters. The summed E-state index contributed by atoms with van der Waals surface area (Å²) >= 11 is 0. The summed E-state index contributed by atoms with van der Waals surface area (Å²) in [5.41, 5.74) is 2.79. The van der Waals surface area contributed by atoms with Crippen molar-refractivity contribution in [2.24, 2.45) is 0 Å². The van der Waals surface area contributed by atoms with E-state index < -0.39 is 5.97 Å². The fraction of sp³-hybridized carbons (Fsp3) is 0.318. The molecule has 0 unspecified atom stereocenters. The summed E-state index contributed by atoms with van der Waals surface area (Å²) in [6.07, 6.45) is 1.66. The third kappa shape index (κ3) is 4.97. The number of hydrogen-bond donors (Lipinski definition) is 2. The standard InChI is InChI=1S/C22H24N2O4/c1-15-2-6-17(7-3-15)21(26)24-12-10-19(11-13-24)23-20(25)14-16-4-8-18(9-5-16)22(27)28/h2-9,19H,10-14H2,1H3,(H,23,25)(H,27,28). The predicted molar refractivity (Wildman–Crippen MR) is 105 cm³/mol. The number of aromatic carboxylic acids is 1. The van der Waals surface area contributed by atoms with Crippen molar-refractivity contribution in [3.05, 3.63) is 70.8 Å². The van der Waals surface area contributed by atoms with Gasteiger partial charge in [0.15, 0.2) is 0 Å². The van der Waals surface area contributed by atoms with E-state index >= 15 is 0 Å². The minimum absolute atomic E-state index is 0.0308. The van der Waals surface area contributed by atoms with Crippen LogP contribution >= 0.6 is 0 Å². The van der Waals surface area contributed by atoms with Crippen molar-refractivity contribution in [1.82, 2.24) is 10.2 Å². The van der Waals surface area contributed by atoms with E-state index in [1.807, 2.05) is 36.1 Å². The topological polar surface area (TPSA) is 86.7 Å². The number of nitrogens with zero attached hydrogens (tertiary/aromatic N) is 1. The quantitative estimate of drug-likeness (QED) is 0.835. The Hall–Kier alpha value is -3.15. The van der Waals surface area contributed by atoms with E-state index in [9.17, 15) is 14.4 Å². The molecule has 1 heterocycles. The molecule has 1 aliphatic rings. The summed E-state index contributed by atoms with van der Waals surface area (Å²) in [5.74, 6) is -1.04. The number of carbonyl (C=O) groups is 3. The number of aryl methyl sites for hydroxylation is 1. The zero-order valence-electron chi connectivity index (χ0n) is 15.9. The van der Waals surface area contributed by atoms with E-state index in [0.717, 1.165) is 24.0 Å². The number of amides is 2. The number of carboxylic acids is 1. The Morgan fingerprint density at radius 2 is 1.54 bits per heavy atom. The van der Waals surface area contributed by atoms with Gasteiger partial charge in [-0.05, 0) is 49.6 Å². The highest BCUT2D eigenvalue weighted by molar-refractivity contribution is 5.94. The molecule has 28 heavy (non-hydrogen) atoms. The molecule has 6 heteroatoms. The summed E-state index contributed by atoms with van der Waals surface area (Å²) < 4.78 is 0. The second-order valence-electron chi connectivity index (χ2n) is 7.18. The van der Waals surface area contributed by atoms with Gasteiger partial charge in [-0.1, -0.05) is 29.8 Å². The fourth-order valence-corrected chi connectivity index (χ4v) is 3.33. The minimum Gasteiger partial charge on any atom is -0.478 e. The molecule has 3 rings (SSSR count). The Bertz CT molecular complexity index is 851. The monoisotopic (exact) mass is 380 g/mol. The van der Waals surface area contributed by atoms with Crippen molar-refractivity contribution in [3.8, 4) is 0 Å². The number of piperidine rings is 1. The molecule has 1 fully saturated rings. The molecule has 2 N–H and O–H groups in total. The van der Waals surface area contributed by atoms with Gasteiger partial charge in [-0.25, -0.2) is 4.79 Å². The average molecular weight is 380 g/mol. The van der Waals surface area contributed by atoms with Crippen molar-refractivity contribution < 1.29 is 19.5 Å². The molecule has 2 amide bonds. The smallest absolute Gasteiger partial charge is 0.335 e. The van der Waals surface area contributed by atoms with E-state index in [1.54, 1.807) is 12.1 Å². The third-order valence-corrected chi connectivity index (χ3v) is 5.01. The summed E-state index contributed by atoms with van der Waals surface area (Å²) in [4.78, 5) is 37.5. The van der Waals surface area contributed by atoms with Crippen LogP contribution in [0.5, 0.6) is 0 Å². The third-order valence-electron chi connectivity index (χ3n) is 5.01. The van der Waals surface area contributed by atoms with Crippen LogP contribution in [0.15, 0.2) is 48.5 Å². The Balaban J connectivity index is 1.47. The number of rotatable bonds is 5. The van der Waals surface area contributed by atoms with Crippen LogP contribution in [0.4, 0.5) is 0 Å². The van der Waals surface area contributed by atoms with Crippen molar-refractivity contribution in [2.75, 3.05) is 13.1 Å². The van der Waals surface area contributed by atoms with Crippen LogP contribution in [0.3, 0.4) is 0 Å². The first-order valence-corrected chi connectivity index (χ1v) is 9.40. The molecule has 2 aromatic rings. The van der Waals surface area contributed by atoms with Crippen LogP contribution in [-0.2, 0) is 11.2 Å². The van der Waals surface area contributed by atoms with E-state index in [-0.39, 0.29) is 29.8 Å². The Morgan fingerprint density at radius 1 is 0.964 bits per heavy atom. The Labute approximate surface area is 164 Å². The summed E-state index contributed by atoms with van der Waals surface area (Å²) in [7, 11) is 0. The van der Waals surface area contributed by atoms with Gasteiger partial charge >= 0.3 is 5.97 Å². The molecule has 146 valence electrons. The molecule has 0 radical (unpaired) electrons. The maximum atomic E-state index is 12.6. The lowest BCUT2D eigenvalue weighted by Gasteiger charge is -2.32. The summed E-state index contributed by atoms with van der Waals surface area (Å²) in [6.45, 7) is 3.22. The normalized spacial score (nSPS) is 14.5. The maximum Gasteiger partial charge on any atom is 0.335 e. The van der Waals surface area contributed by atoms with Gasteiger partial charge < -0.3 is 15.3 Å². The van der Waals surface area contributed by atoms with E-state index in [4.69, 9.17) is 5.11 Å². The summed E-state index contributed by atoms with van der Waals surface area (Å²) in [6, 6.07) is 13.9. The van der Waals surface area contributed by atoms with E-state index in [0.29, 0.717) is 18.7 Å². The highest BCUT2D eigenvalue weighted by atomic mass is 16.4. The molecule has 0 saturated carbocycles. The number of nitrogens with one attached hydrogen (secondary N) is 1. The van der Waals surface area contributed by atoms with E-state index in [2.05, 4.69) is 5.32 Å². The van der Waals surface area contributed by atoms with Crippen LogP contribution in [0, 0.1) is 6.92 Å². The van der Waals surface area contributed by atoms with Crippen LogP contribution in [0.1, 0.15) is 44.7 Å². The molecule has 2 aromatic carbocycles. The van der Waals surface area contributed by atoms with Crippen LogP contribution in [-0.4, -0.2) is 46.9 Å². The number of likely N-dealkylation sites (tertiary alicyclic amines) is 1. The van der Waals surface area contributed by atoms with Gasteiger partial charge in [0, 0.05) is 24.7 Å². The fourth-order valence-electron chi connectivity index (χ4n) is 3.33. The zero-order valence-corrected chi connectivity index (χ0v) is 15.9. The van der Waals surface area contributed by atoms with Crippen LogP contribution in [0.2, 0.25) is 0 Å². The first kappa shape index (κ1) is 19.6. The van der Waals surface area contributed by atoms with Crippen molar-refractivity contribution in [2.45, 2.75) is 32.2 Å².